The van der Waals surface area contributed by atoms with E-state index in [4.69, 9.17) is 5.26 Å². The van der Waals surface area contributed by atoms with Crippen LogP contribution in [0, 0.1) is 28.6 Å². The summed E-state index contributed by atoms with van der Waals surface area (Å²) in [6.07, 6.45) is 3.64. The number of aromatic nitrogens is 3. The van der Waals surface area contributed by atoms with Crippen LogP contribution in [0.3, 0.4) is 0 Å². The van der Waals surface area contributed by atoms with E-state index in [1.165, 1.54) is 6.33 Å². The van der Waals surface area contributed by atoms with Gasteiger partial charge in [-0.3, -0.25) is 5.32 Å². The molecule has 0 aliphatic heterocycles. The zero-order valence-electron chi connectivity index (χ0n) is 9.72. The molecule has 0 bridgehead atoms. The molecule has 0 aromatic carbocycles. The molecule has 88 valence electrons. The summed E-state index contributed by atoms with van der Waals surface area (Å²) in [4.78, 5) is 3.85. The van der Waals surface area contributed by atoms with Crippen LogP contribution in [0.15, 0.2) is 6.33 Å². The Morgan fingerprint density at radius 1 is 1.59 bits per heavy atom. The van der Waals surface area contributed by atoms with Gasteiger partial charge in [-0.1, -0.05) is 6.92 Å². The molecule has 1 N–H and O–H groups in total. The fourth-order valence-corrected chi connectivity index (χ4v) is 2.06. The molecular weight excluding hydrogens is 216 g/mol. The minimum Gasteiger partial charge on any atom is -0.298 e. The topological polar surface area (TPSA) is 90.3 Å². The molecule has 1 aromatic heterocycles. The molecule has 1 unspecified atom stereocenters. The molecule has 17 heavy (non-hydrogen) atoms. The highest BCUT2D eigenvalue weighted by atomic mass is 15.3. The SMILES string of the molecule is CCNC(C#N)(Cn1cnc(C#N)n1)C1CC1. The van der Waals surface area contributed by atoms with Crippen molar-refractivity contribution in [3.05, 3.63) is 12.2 Å². The molecule has 0 saturated heterocycles. The van der Waals surface area contributed by atoms with E-state index in [2.05, 4.69) is 21.5 Å². The maximum atomic E-state index is 9.40. The van der Waals surface area contributed by atoms with E-state index in [1.54, 1.807) is 4.68 Å². The van der Waals surface area contributed by atoms with Crippen molar-refractivity contribution in [2.24, 2.45) is 5.92 Å². The number of nitriles is 2. The molecule has 0 spiro atoms. The van der Waals surface area contributed by atoms with Gasteiger partial charge in [0.15, 0.2) is 0 Å². The predicted molar refractivity (Wildman–Crippen MR) is 59.5 cm³/mol. The van der Waals surface area contributed by atoms with Crippen LogP contribution in [0.5, 0.6) is 0 Å². The van der Waals surface area contributed by atoms with Gasteiger partial charge < -0.3 is 0 Å². The normalized spacial score (nSPS) is 18.1. The second-order valence-corrected chi connectivity index (χ2v) is 4.27. The van der Waals surface area contributed by atoms with Gasteiger partial charge in [-0.2, -0.15) is 10.5 Å². The minimum atomic E-state index is -0.574. The Labute approximate surface area is 99.9 Å². The monoisotopic (exact) mass is 230 g/mol. The highest BCUT2D eigenvalue weighted by Gasteiger charge is 2.45. The Hall–Kier alpha value is -1.92. The van der Waals surface area contributed by atoms with Gasteiger partial charge in [0.25, 0.3) is 5.82 Å². The van der Waals surface area contributed by atoms with Crippen molar-refractivity contribution in [3.63, 3.8) is 0 Å². The molecule has 0 radical (unpaired) electrons. The Balaban J connectivity index is 2.17. The molecular formula is C11H14N6. The van der Waals surface area contributed by atoms with Crippen molar-refractivity contribution in [1.82, 2.24) is 20.1 Å². The predicted octanol–water partition coefficient (Wildman–Crippen LogP) is 0.432. The summed E-state index contributed by atoms with van der Waals surface area (Å²) in [5.41, 5.74) is -0.574. The van der Waals surface area contributed by atoms with Crippen molar-refractivity contribution in [1.29, 1.82) is 10.5 Å². The lowest BCUT2D eigenvalue weighted by Gasteiger charge is -2.27. The number of hydrogen-bond acceptors (Lipinski definition) is 5. The van der Waals surface area contributed by atoms with E-state index < -0.39 is 5.54 Å². The van der Waals surface area contributed by atoms with Gasteiger partial charge in [0.2, 0.25) is 0 Å². The summed E-state index contributed by atoms with van der Waals surface area (Å²) < 4.78 is 1.57. The van der Waals surface area contributed by atoms with Crippen LogP contribution in [0.4, 0.5) is 0 Å². The number of hydrogen-bond donors (Lipinski definition) is 1. The molecule has 1 saturated carbocycles. The lowest BCUT2D eigenvalue weighted by atomic mass is 9.95. The van der Waals surface area contributed by atoms with Crippen molar-refractivity contribution >= 4 is 0 Å². The maximum Gasteiger partial charge on any atom is 0.252 e. The van der Waals surface area contributed by atoms with E-state index in [1.807, 2.05) is 13.0 Å². The largest absolute Gasteiger partial charge is 0.298 e. The van der Waals surface area contributed by atoms with Crippen LogP contribution >= 0.6 is 0 Å². The summed E-state index contributed by atoms with van der Waals surface area (Å²) in [5.74, 6) is 0.520. The lowest BCUT2D eigenvalue weighted by molar-refractivity contribution is 0.310. The quantitative estimate of drug-likeness (QED) is 0.792. The highest BCUT2D eigenvalue weighted by molar-refractivity contribution is 5.15. The van der Waals surface area contributed by atoms with Gasteiger partial charge in [0.05, 0.1) is 12.6 Å². The Bertz CT molecular complexity index is 475. The first-order valence-corrected chi connectivity index (χ1v) is 5.70. The van der Waals surface area contributed by atoms with E-state index in [-0.39, 0.29) is 5.82 Å². The van der Waals surface area contributed by atoms with Gasteiger partial charge >= 0.3 is 0 Å². The van der Waals surface area contributed by atoms with Gasteiger partial charge in [0, 0.05) is 0 Å². The molecule has 6 heteroatoms. The Morgan fingerprint density at radius 2 is 2.35 bits per heavy atom. The van der Waals surface area contributed by atoms with Gasteiger partial charge in [-0.05, 0) is 25.3 Å². The molecule has 1 aromatic rings. The first kappa shape index (κ1) is 11.6. The van der Waals surface area contributed by atoms with Crippen molar-refractivity contribution in [3.8, 4) is 12.1 Å². The standard InChI is InChI=1S/C11H14N6/c1-2-15-11(6-13,9-3-4-9)7-17-8-14-10(5-12)16-17/h8-9,15H,2-4,7H2,1H3. The minimum absolute atomic E-state index is 0.143. The van der Waals surface area contributed by atoms with Crippen LogP contribution in [0.2, 0.25) is 0 Å². The van der Waals surface area contributed by atoms with E-state index >= 15 is 0 Å². The number of likely N-dealkylation sites (N-methyl/N-ethyl adjacent to an activating group) is 1. The van der Waals surface area contributed by atoms with E-state index in [9.17, 15) is 5.26 Å². The highest BCUT2D eigenvalue weighted by Crippen LogP contribution is 2.40. The van der Waals surface area contributed by atoms with Crippen LogP contribution in [-0.2, 0) is 6.54 Å². The Morgan fingerprint density at radius 3 is 2.82 bits per heavy atom. The summed E-state index contributed by atoms with van der Waals surface area (Å²) in [5, 5.41) is 25.3. The fraction of sp³-hybridized carbons (Fsp3) is 0.636. The fourth-order valence-electron chi connectivity index (χ4n) is 2.06. The second-order valence-electron chi connectivity index (χ2n) is 4.27. The molecule has 0 amide bonds. The summed E-state index contributed by atoms with van der Waals surface area (Å²) >= 11 is 0. The summed E-state index contributed by atoms with van der Waals surface area (Å²) in [7, 11) is 0. The molecule has 1 fully saturated rings. The van der Waals surface area contributed by atoms with E-state index in [0.29, 0.717) is 12.5 Å². The third kappa shape index (κ3) is 2.27. The lowest BCUT2D eigenvalue weighted by Crippen LogP contribution is -2.49. The van der Waals surface area contributed by atoms with Gasteiger partial charge in [0.1, 0.15) is 17.9 Å². The molecule has 1 atom stereocenters. The third-order valence-corrected chi connectivity index (χ3v) is 3.01. The summed E-state index contributed by atoms with van der Waals surface area (Å²) in [6.45, 7) is 3.16. The van der Waals surface area contributed by atoms with Crippen molar-refractivity contribution in [2.45, 2.75) is 31.8 Å². The van der Waals surface area contributed by atoms with Crippen LogP contribution in [0.25, 0.3) is 0 Å². The average molecular weight is 230 g/mol. The molecule has 1 aliphatic carbocycles. The molecule has 1 heterocycles. The molecule has 6 nitrogen and oxygen atoms in total. The molecule has 1 aliphatic rings. The first-order valence-electron chi connectivity index (χ1n) is 5.70. The van der Waals surface area contributed by atoms with Crippen LogP contribution < -0.4 is 5.32 Å². The van der Waals surface area contributed by atoms with Gasteiger partial charge in [-0.15, -0.1) is 5.10 Å². The molecule has 2 rings (SSSR count). The smallest absolute Gasteiger partial charge is 0.252 e. The second kappa shape index (κ2) is 4.52. The van der Waals surface area contributed by atoms with E-state index in [0.717, 1.165) is 19.4 Å². The average Bonchev–Trinajstić information content (AvgIpc) is 3.10. The zero-order valence-corrected chi connectivity index (χ0v) is 9.72. The summed E-state index contributed by atoms with van der Waals surface area (Å²) in [6, 6.07) is 4.25. The number of nitrogens with zero attached hydrogens (tertiary/aromatic N) is 5. The first-order chi connectivity index (χ1) is 8.24. The van der Waals surface area contributed by atoms with Crippen molar-refractivity contribution in [2.75, 3.05) is 6.54 Å². The maximum absolute atomic E-state index is 9.40. The van der Waals surface area contributed by atoms with Crippen LogP contribution in [0.1, 0.15) is 25.6 Å². The third-order valence-electron chi connectivity index (χ3n) is 3.01. The van der Waals surface area contributed by atoms with Crippen LogP contribution in [-0.4, -0.2) is 26.8 Å². The number of rotatable bonds is 5. The van der Waals surface area contributed by atoms with Gasteiger partial charge in [-0.25, -0.2) is 9.67 Å². The zero-order chi connectivity index (χ0) is 12.3. The van der Waals surface area contributed by atoms with Crippen molar-refractivity contribution < 1.29 is 0 Å². The number of nitrogens with one attached hydrogen (secondary N) is 1. The Kier molecular flexibility index (Phi) is 3.08.